The molecular weight excluding hydrogens is 382 g/mol. The van der Waals surface area contributed by atoms with Crippen molar-refractivity contribution in [1.82, 2.24) is 15.0 Å². The van der Waals surface area contributed by atoms with E-state index in [4.69, 9.17) is 9.94 Å². The third-order valence-corrected chi connectivity index (χ3v) is 4.87. The second-order valence-electron chi connectivity index (χ2n) is 6.78. The Morgan fingerprint density at radius 1 is 1.07 bits per heavy atom. The van der Waals surface area contributed by atoms with Crippen LogP contribution < -0.4 is 15.8 Å². The number of methoxy groups -OCH3 is 1. The molecule has 0 aliphatic carbocycles. The number of carbonyl (C=O) groups excluding carboxylic acids is 1. The van der Waals surface area contributed by atoms with Gasteiger partial charge in [0.05, 0.1) is 30.9 Å². The molecule has 0 fully saturated rings. The molecule has 7 heteroatoms. The number of nitrogens with one attached hydrogen (secondary N) is 1. The van der Waals surface area contributed by atoms with Crippen LogP contribution in [0.15, 0.2) is 77.9 Å². The van der Waals surface area contributed by atoms with E-state index < -0.39 is 5.91 Å². The molecule has 0 atom stereocenters. The molecule has 1 heterocycles. The van der Waals surface area contributed by atoms with Gasteiger partial charge in [0.1, 0.15) is 5.75 Å². The normalized spacial score (nSPS) is 10.7. The minimum atomic E-state index is -0.683. The van der Waals surface area contributed by atoms with Gasteiger partial charge < -0.3 is 4.74 Å². The van der Waals surface area contributed by atoms with Crippen LogP contribution in [0, 0.1) is 0 Å². The van der Waals surface area contributed by atoms with Gasteiger partial charge in [-0.3, -0.25) is 19.4 Å². The molecule has 150 valence electrons. The van der Waals surface area contributed by atoms with Gasteiger partial charge in [-0.1, -0.05) is 30.3 Å². The van der Waals surface area contributed by atoms with Crippen molar-refractivity contribution in [1.29, 1.82) is 0 Å². The van der Waals surface area contributed by atoms with Gasteiger partial charge in [0.15, 0.2) is 0 Å². The summed E-state index contributed by atoms with van der Waals surface area (Å²) in [5.41, 5.74) is 4.93. The van der Waals surface area contributed by atoms with Crippen molar-refractivity contribution >= 4 is 16.8 Å². The first-order chi connectivity index (χ1) is 14.6. The van der Waals surface area contributed by atoms with Gasteiger partial charge >= 0.3 is 0 Å². The quantitative estimate of drug-likeness (QED) is 0.396. The van der Waals surface area contributed by atoms with Crippen molar-refractivity contribution in [3.63, 3.8) is 0 Å². The first-order valence-corrected chi connectivity index (χ1v) is 9.26. The highest BCUT2D eigenvalue weighted by Gasteiger charge is 2.10. The zero-order valence-electron chi connectivity index (χ0n) is 16.2. The summed E-state index contributed by atoms with van der Waals surface area (Å²) in [5.74, 6) is 0.0910. The molecule has 0 aliphatic heterocycles. The zero-order chi connectivity index (χ0) is 21.1. The van der Waals surface area contributed by atoms with Crippen LogP contribution in [0.5, 0.6) is 5.75 Å². The van der Waals surface area contributed by atoms with Crippen LogP contribution in [0.1, 0.15) is 15.9 Å². The first kappa shape index (κ1) is 19.4. The Balaban J connectivity index is 1.69. The number of nitrogens with zero attached hydrogens (tertiary/aromatic N) is 2. The van der Waals surface area contributed by atoms with Crippen molar-refractivity contribution in [2.24, 2.45) is 0 Å². The van der Waals surface area contributed by atoms with Crippen LogP contribution in [-0.2, 0) is 6.54 Å². The number of amides is 1. The van der Waals surface area contributed by atoms with Crippen molar-refractivity contribution in [3.8, 4) is 16.9 Å². The smallest absolute Gasteiger partial charge is 0.274 e. The Morgan fingerprint density at radius 2 is 1.83 bits per heavy atom. The van der Waals surface area contributed by atoms with Gasteiger partial charge in [-0.05, 0) is 53.1 Å². The lowest BCUT2D eigenvalue weighted by atomic mass is 10.0. The number of aromatic nitrogens is 2. The van der Waals surface area contributed by atoms with Gasteiger partial charge in [-0.15, -0.1) is 0 Å². The highest BCUT2D eigenvalue weighted by molar-refractivity contribution is 5.97. The largest absolute Gasteiger partial charge is 0.497 e. The summed E-state index contributed by atoms with van der Waals surface area (Å²) in [7, 11) is 1.63. The van der Waals surface area contributed by atoms with Crippen LogP contribution >= 0.6 is 0 Å². The maximum atomic E-state index is 12.9. The summed E-state index contributed by atoms with van der Waals surface area (Å²) >= 11 is 0. The molecular formula is C23H19N3O4. The second-order valence-corrected chi connectivity index (χ2v) is 6.78. The Morgan fingerprint density at radius 3 is 2.60 bits per heavy atom. The summed E-state index contributed by atoms with van der Waals surface area (Å²) in [6.45, 7) is 0.329. The fraction of sp³-hybridized carbons (Fsp3) is 0.0870. The number of hydroxylamine groups is 1. The molecule has 3 aromatic carbocycles. The Bertz CT molecular complexity index is 1300. The van der Waals surface area contributed by atoms with E-state index in [2.05, 4.69) is 4.98 Å². The van der Waals surface area contributed by atoms with Crippen LogP contribution in [-0.4, -0.2) is 27.8 Å². The molecule has 4 aromatic rings. The maximum Gasteiger partial charge on any atom is 0.274 e. The summed E-state index contributed by atoms with van der Waals surface area (Å²) in [6, 6.07) is 20.2. The van der Waals surface area contributed by atoms with Crippen LogP contribution in [0.25, 0.3) is 22.0 Å². The second kappa shape index (κ2) is 8.18. The molecule has 0 saturated heterocycles. The van der Waals surface area contributed by atoms with E-state index in [1.165, 1.54) is 23.0 Å². The Kier molecular flexibility index (Phi) is 5.28. The number of fused-ring (bicyclic) bond motifs is 1. The van der Waals surface area contributed by atoms with Crippen LogP contribution in [0.2, 0.25) is 0 Å². The van der Waals surface area contributed by atoms with Gasteiger partial charge in [-0.25, -0.2) is 10.5 Å². The lowest BCUT2D eigenvalue weighted by molar-refractivity contribution is 0.0706. The third kappa shape index (κ3) is 3.78. The minimum Gasteiger partial charge on any atom is -0.497 e. The van der Waals surface area contributed by atoms with E-state index in [0.717, 1.165) is 22.4 Å². The van der Waals surface area contributed by atoms with Gasteiger partial charge in [0, 0.05) is 5.56 Å². The van der Waals surface area contributed by atoms with Crippen molar-refractivity contribution in [2.45, 2.75) is 6.54 Å². The fourth-order valence-electron chi connectivity index (χ4n) is 3.33. The molecule has 2 N–H and O–H groups in total. The van der Waals surface area contributed by atoms with E-state index in [9.17, 15) is 9.59 Å². The number of hydrogen-bond donors (Lipinski definition) is 2. The summed E-state index contributed by atoms with van der Waals surface area (Å²) in [6.07, 6.45) is 1.49. The monoisotopic (exact) mass is 401 g/mol. The van der Waals surface area contributed by atoms with Crippen molar-refractivity contribution in [2.75, 3.05) is 7.11 Å². The number of benzene rings is 3. The number of rotatable bonds is 5. The molecule has 0 saturated carbocycles. The molecule has 30 heavy (non-hydrogen) atoms. The number of ether oxygens (including phenoxy) is 1. The molecule has 1 amide bonds. The molecule has 0 aliphatic rings. The molecule has 0 spiro atoms. The highest BCUT2D eigenvalue weighted by atomic mass is 16.5. The number of carbonyl (C=O) groups is 1. The predicted molar refractivity (Wildman–Crippen MR) is 113 cm³/mol. The molecule has 7 nitrogen and oxygen atoms in total. The van der Waals surface area contributed by atoms with E-state index in [-0.39, 0.29) is 11.1 Å². The standard InChI is InChI=1S/C23H19N3O4/c1-30-19-7-3-6-17(11-19)16-5-2-4-15(10-16)13-26-14-24-21-9-8-18(22(27)25-29)12-20(21)23(26)28/h2-12,14,29H,13H2,1H3,(H,25,27). The molecule has 4 rings (SSSR count). The lowest BCUT2D eigenvalue weighted by Gasteiger charge is -2.10. The van der Waals surface area contributed by atoms with E-state index >= 15 is 0 Å². The summed E-state index contributed by atoms with van der Waals surface area (Å²) < 4.78 is 6.79. The third-order valence-electron chi connectivity index (χ3n) is 4.87. The topological polar surface area (TPSA) is 93.5 Å². The Hall–Kier alpha value is -3.97. The molecule has 0 bridgehead atoms. The first-order valence-electron chi connectivity index (χ1n) is 9.26. The minimum absolute atomic E-state index is 0.182. The fourth-order valence-corrected chi connectivity index (χ4v) is 3.33. The zero-order valence-corrected chi connectivity index (χ0v) is 16.2. The Labute approximate surface area is 172 Å². The lowest BCUT2D eigenvalue weighted by Crippen LogP contribution is -2.23. The van der Waals surface area contributed by atoms with Crippen LogP contribution in [0.3, 0.4) is 0 Å². The number of hydrogen-bond acceptors (Lipinski definition) is 5. The summed E-state index contributed by atoms with van der Waals surface area (Å²) in [4.78, 5) is 28.9. The average Bonchev–Trinajstić information content (AvgIpc) is 2.80. The maximum absolute atomic E-state index is 12.9. The summed E-state index contributed by atoms with van der Waals surface area (Å²) in [5, 5.41) is 9.13. The highest BCUT2D eigenvalue weighted by Crippen LogP contribution is 2.24. The molecule has 0 unspecified atom stereocenters. The van der Waals surface area contributed by atoms with Crippen molar-refractivity contribution in [3.05, 3.63) is 94.5 Å². The van der Waals surface area contributed by atoms with Gasteiger partial charge in [-0.2, -0.15) is 0 Å². The van der Waals surface area contributed by atoms with Crippen LogP contribution in [0.4, 0.5) is 0 Å². The van der Waals surface area contributed by atoms with Gasteiger partial charge in [0.25, 0.3) is 11.5 Å². The van der Waals surface area contributed by atoms with Crippen molar-refractivity contribution < 1.29 is 14.7 Å². The average molecular weight is 401 g/mol. The van der Waals surface area contributed by atoms with Gasteiger partial charge in [0.2, 0.25) is 0 Å². The SMILES string of the molecule is COc1cccc(-c2cccc(Cn3cnc4ccc(C(=O)NO)cc4c3=O)c2)c1. The predicted octanol–water partition coefficient (Wildman–Crippen LogP) is 3.24. The molecule has 1 aromatic heterocycles. The van der Waals surface area contributed by atoms with E-state index in [1.54, 1.807) is 18.7 Å². The molecule has 0 radical (unpaired) electrons. The van der Waals surface area contributed by atoms with E-state index in [1.807, 2.05) is 48.5 Å². The van der Waals surface area contributed by atoms with E-state index in [0.29, 0.717) is 17.4 Å².